The van der Waals surface area contributed by atoms with Crippen molar-refractivity contribution < 1.29 is 9.21 Å². The van der Waals surface area contributed by atoms with Gasteiger partial charge in [0.25, 0.3) is 0 Å². The van der Waals surface area contributed by atoms with Gasteiger partial charge in [0.15, 0.2) is 11.5 Å². The summed E-state index contributed by atoms with van der Waals surface area (Å²) >= 11 is 7.15. The van der Waals surface area contributed by atoms with E-state index in [0.29, 0.717) is 32.8 Å². The van der Waals surface area contributed by atoms with Crippen molar-refractivity contribution in [3.05, 3.63) is 65.4 Å². The maximum absolute atomic E-state index is 12.1. The number of ketones is 1. The molecule has 0 atom stereocenters. The van der Waals surface area contributed by atoms with E-state index in [1.165, 1.54) is 11.8 Å². The van der Waals surface area contributed by atoms with Crippen LogP contribution in [-0.2, 0) is 0 Å². The minimum absolute atomic E-state index is 0.0265. The van der Waals surface area contributed by atoms with Crippen LogP contribution in [0.2, 0.25) is 5.02 Å². The van der Waals surface area contributed by atoms with E-state index in [0.717, 1.165) is 0 Å². The summed E-state index contributed by atoms with van der Waals surface area (Å²) in [7, 11) is 0. The smallest absolute Gasteiger partial charge is 0.173 e. The minimum Gasteiger partial charge on any atom is -0.463 e. The van der Waals surface area contributed by atoms with Gasteiger partial charge >= 0.3 is 0 Å². The number of furan rings is 1. The van der Waals surface area contributed by atoms with Crippen LogP contribution >= 0.6 is 23.4 Å². The number of carbonyl (C=O) groups is 1. The van der Waals surface area contributed by atoms with Crippen LogP contribution < -0.4 is 0 Å². The van der Waals surface area contributed by atoms with E-state index in [2.05, 4.69) is 10.2 Å². The lowest BCUT2D eigenvalue weighted by atomic mass is 10.1. The fourth-order valence-electron chi connectivity index (χ4n) is 1.81. The Morgan fingerprint density at radius 3 is 2.55 bits per heavy atom. The van der Waals surface area contributed by atoms with Gasteiger partial charge in [-0.25, -0.2) is 0 Å². The van der Waals surface area contributed by atoms with Crippen LogP contribution in [0.1, 0.15) is 10.4 Å². The highest BCUT2D eigenvalue weighted by atomic mass is 35.5. The molecule has 0 fully saturated rings. The first kappa shape index (κ1) is 14.8. The summed E-state index contributed by atoms with van der Waals surface area (Å²) in [5, 5.41) is 9.49. The average Bonchev–Trinajstić information content (AvgIpc) is 3.08. The van der Waals surface area contributed by atoms with Crippen LogP contribution in [0.4, 0.5) is 0 Å². The van der Waals surface area contributed by atoms with Crippen molar-refractivity contribution in [2.24, 2.45) is 0 Å². The number of halogens is 1. The van der Waals surface area contributed by atoms with Gasteiger partial charge in [-0.1, -0.05) is 23.4 Å². The van der Waals surface area contributed by atoms with Gasteiger partial charge in [-0.3, -0.25) is 4.79 Å². The monoisotopic (exact) mass is 330 g/mol. The van der Waals surface area contributed by atoms with Crippen molar-refractivity contribution in [3.8, 4) is 11.5 Å². The number of benzene rings is 1. The molecule has 0 bridgehead atoms. The third-order valence-electron chi connectivity index (χ3n) is 2.93. The quantitative estimate of drug-likeness (QED) is 0.513. The van der Waals surface area contributed by atoms with Crippen LogP contribution in [0.5, 0.6) is 0 Å². The normalized spacial score (nSPS) is 10.6. The van der Waals surface area contributed by atoms with E-state index in [1.54, 1.807) is 36.6 Å². The van der Waals surface area contributed by atoms with Crippen molar-refractivity contribution in [3.63, 3.8) is 0 Å². The van der Waals surface area contributed by atoms with Gasteiger partial charge in [-0.05, 0) is 48.5 Å². The fourth-order valence-corrected chi connectivity index (χ4v) is 2.65. The number of Topliss-reactive ketones (excluding diaryl/α,β-unsaturated/α-hetero) is 1. The molecular formula is C16H11ClN2O2S. The lowest BCUT2D eigenvalue weighted by Crippen LogP contribution is -2.02. The van der Waals surface area contributed by atoms with E-state index in [-0.39, 0.29) is 5.78 Å². The SMILES string of the molecule is O=C(CSc1ccc(-c2ccco2)nn1)c1ccc(Cl)cc1. The largest absolute Gasteiger partial charge is 0.463 e. The zero-order chi connectivity index (χ0) is 15.4. The molecular weight excluding hydrogens is 320 g/mol. The van der Waals surface area contributed by atoms with Crippen molar-refractivity contribution in [2.75, 3.05) is 5.75 Å². The first-order valence-electron chi connectivity index (χ1n) is 6.51. The summed E-state index contributed by atoms with van der Waals surface area (Å²) < 4.78 is 5.25. The van der Waals surface area contributed by atoms with Crippen LogP contribution in [0.25, 0.3) is 11.5 Å². The number of hydrogen-bond donors (Lipinski definition) is 0. The number of carbonyl (C=O) groups excluding carboxylic acids is 1. The molecule has 4 nitrogen and oxygen atoms in total. The highest BCUT2D eigenvalue weighted by Crippen LogP contribution is 2.21. The maximum Gasteiger partial charge on any atom is 0.173 e. The standard InChI is InChI=1S/C16H11ClN2O2S/c17-12-5-3-11(4-6-12)14(20)10-22-16-8-7-13(18-19-16)15-2-1-9-21-15/h1-9H,10H2. The van der Waals surface area contributed by atoms with Gasteiger partial charge in [0.05, 0.1) is 12.0 Å². The maximum atomic E-state index is 12.1. The molecule has 3 rings (SSSR count). The topological polar surface area (TPSA) is 56.0 Å². The highest BCUT2D eigenvalue weighted by Gasteiger charge is 2.08. The predicted octanol–water partition coefficient (Wildman–Crippen LogP) is 4.37. The second-order valence-corrected chi connectivity index (χ2v) is 5.88. The molecule has 2 aromatic heterocycles. The Morgan fingerprint density at radius 1 is 1.09 bits per heavy atom. The van der Waals surface area contributed by atoms with Gasteiger partial charge in [-0.2, -0.15) is 0 Å². The van der Waals surface area contributed by atoms with Crippen LogP contribution in [0.3, 0.4) is 0 Å². The van der Waals surface area contributed by atoms with Crippen LogP contribution in [0, 0.1) is 0 Å². The Kier molecular flexibility index (Phi) is 4.56. The van der Waals surface area contributed by atoms with Crippen molar-refractivity contribution in [1.82, 2.24) is 10.2 Å². The zero-order valence-corrected chi connectivity index (χ0v) is 13.0. The van der Waals surface area contributed by atoms with Gasteiger partial charge in [0, 0.05) is 10.6 Å². The van der Waals surface area contributed by atoms with Gasteiger partial charge in [0.2, 0.25) is 0 Å². The molecule has 0 spiro atoms. The molecule has 6 heteroatoms. The summed E-state index contributed by atoms with van der Waals surface area (Å²) in [4.78, 5) is 12.1. The summed E-state index contributed by atoms with van der Waals surface area (Å²) in [5.41, 5.74) is 1.30. The summed E-state index contributed by atoms with van der Waals surface area (Å²) in [6.07, 6.45) is 1.59. The van der Waals surface area contributed by atoms with Gasteiger partial charge in [-0.15, -0.1) is 10.2 Å². The van der Waals surface area contributed by atoms with Crippen molar-refractivity contribution >= 4 is 29.1 Å². The summed E-state index contributed by atoms with van der Waals surface area (Å²) in [6.45, 7) is 0. The average molecular weight is 331 g/mol. The minimum atomic E-state index is 0.0265. The Balaban J connectivity index is 1.61. The Labute approximate surface area is 136 Å². The molecule has 0 saturated heterocycles. The lowest BCUT2D eigenvalue weighted by Gasteiger charge is -2.02. The molecule has 0 unspecified atom stereocenters. The molecule has 1 aromatic carbocycles. The molecule has 2 heterocycles. The number of nitrogens with zero attached hydrogens (tertiary/aromatic N) is 2. The number of aromatic nitrogens is 2. The third kappa shape index (κ3) is 3.55. The predicted molar refractivity (Wildman–Crippen MR) is 86.2 cm³/mol. The zero-order valence-electron chi connectivity index (χ0n) is 11.4. The molecule has 0 N–H and O–H groups in total. The fraction of sp³-hybridized carbons (Fsp3) is 0.0625. The Morgan fingerprint density at radius 2 is 1.91 bits per heavy atom. The third-order valence-corrected chi connectivity index (χ3v) is 4.10. The van der Waals surface area contributed by atoms with Gasteiger partial charge < -0.3 is 4.42 Å². The van der Waals surface area contributed by atoms with Crippen molar-refractivity contribution in [2.45, 2.75) is 5.03 Å². The molecule has 0 radical (unpaired) electrons. The van der Waals surface area contributed by atoms with E-state index in [9.17, 15) is 4.79 Å². The van der Waals surface area contributed by atoms with Gasteiger partial charge in [0.1, 0.15) is 10.7 Å². The Bertz CT molecular complexity index is 756. The van der Waals surface area contributed by atoms with E-state index in [1.807, 2.05) is 18.2 Å². The number of rotatable bonds is 5. The van der Waals surface area contributed by atoms with E-state index < -0.39 is 0 Å². The van der Waals surface area contributed by atoms with E-state index >= 15 is 0 Å². The number of hydrogen-bond acceptors (Lipinski definition) is 5. The summed E-state index contributed by atoms with van der Waals surface area (Å²) in [6, 6.07) is 14.1. The van der Waals surface area contributed by atoms with Crippen molar-refractivity contribution in [1.29, 1.82) is 0 Å². The molecule has 0 saturated carbocycles. The summed E-state index contributed by atoms with van der Waals surface area (Å²) in [5.74, 6) is 0.996. The molecule has 0 aliphatic heterocycles. The second-order valence-electron chi connectivity index (χ2n) is 4.45. The second kappa shape index (κ2) is 6.77. The molecule has 0 aliphatic rings. The first-order chi connectivity index (χ1) is 10.7. The number of thioether (sulfide) groups is 1. The lowest BCUT2D eigenvalue weighted by molar-refractivity contribution is 0.102. The highest BCUT2D eigenvalue weighted by molar-refractivity contribution is 7.99. The van der Waals surface area contributed by atoms with Crippen LogP contribution in [-0.4, -0.2) is 21.7 Å². The van der Waals surface area contributed by atoms with Crippen LogP contribution in [0.15, 0.2) is 64.2 Å². The molecule has 22 heavy (non-hydrogen) atoms. The van der Waals surface area contributed by atoms with E-state index in [4.69, 9.17) is 16.0 Å². The molecule has 110 valence electrons. The molecule has 0 aliphatic carbocycles. The molecule has 0 amide bonds. The first-order valence-corrected chi connectivity index (χ1v) is 7.88. The molecule has 3 aromatic rings. The Hall–Kier alpha value is -2.11.